The van der Waals surface area contributed by atoms with Crippen molar-refractivity contribution >= 4 is 33.8 Å². The van der Waals surface area contributed by atoms with Crippen LogP contribution in [0.25, 0.3) is 21.9 Å². The van der Waals surface area contributed by atoms with Crippen molar-refractivity contribution in [2.75, 3.05) is 6.54 Å². The number of hydrogen-bond acceptors (Lipinski definition) is 4. The molecule has 0 fully saturated rings. The molecular weight excluding hydrogens is 358 g/mol. The molecule has 3 N–H and O–H groups in total. The fraction of sp³-hybridized carbons (Fsp3) is 0.200. The number of aromatic nitrogens is 4. The number of fused-ring (bicyclic) bond motifs is 2. The van der Waals surface area contributed by atoms with Crippen molar-refractivity contribution in [1.82, 2.24) is 25.1 Å². The number of H-pyrrole nitrogens is 1. The van der Waals surface area contributed by atoms with Gasteiger partial charge in [-0.1, -0.05) is 6.07 Å². The van der Waals surface area contributed by atoms with Crippen LogP contribution in [0.1, 0.15) is 32.2 Å². The van der Waals surface area contributed by atoms with E-state index in [0.717, 1.165) is 22.4 Å². The lowest BCUT2D eigenvalue weighted by molar-refractivity contribution is 0.0692. The van der Waals surface area contributed by atoms with E-state index in [-0.39, 0.29) is 11.6 Å². The standard InChI is InChI=1S/C20H19N5O3/c1-11-3-6-16-15(9-11)22-17(25(16)2)7-8-21-19(26)12-4-5-14-13(10-12)18(20(27)28)24-23-14/h3-6,9-10H,7-8H2,1-2H3,(H,21,26)(H,23,24)(H,27,28). The van der Waals surface area contributed by atoms with Crippen molar-refractivity contribution in [1.29, 1.82) is 0 Å². The molecule has 28 heavy (non-hydrogen) atoms. The maximum atomic E-state index is 12.5. The van der Waals surface area contributed by atoms with Crippen LogP contribution in [0.4, 0.5) is 0 Å². The summed E-state index contributed by atoms with van der Waals surface area (Å²) >= 11 is 0. The maximum absolute atomic E-state index is 12.5. The first-order valence-corrected chi connectivity index (χ1v) is 8.85. The van der Waals surface area contributed by atoms with Crippen LogP contribution in [0.15, 0.2) is 36.4 Å². The summed E-state index contributed by atoms with van der Waals surface area (Å²) in [6.07, 6.45) is 0.588. The van der Waals surface area contributed by atoms with Crippen LogP contribution < -0.4 is 5.32 Å². The second-order valence-electron chi connectivity index (χ2n) is 6.72. The summed E-state index contributed by atoms with van der Waals surface area (Å²) < 4.78 is 2.03. The summed E-state index contributed by atoms with van der Waals surface area (Å²) in [5.41, 5.74) is 4.01. The van der Waals surface area contributed by atoms with E-state index in [4.69, 9.17) is 0 Å². The predicted molar refractivity (Wildman–Crippen MR) is 105 cm³/mol. The van der Waals surface area contributed by atoms with Crippen molar-refractivity contribution in [3.05, 3.63) is 59.0 Å². The summed E-state index contributed by atoms with van der Waals surface area (Å²) in [5.74, 6) is -0.519. The Kier molecular flexibility index (Phi) is 4.31. The monoisotopic (exact) mass is 377 g/mol. The number of carbonyl (C=O) groups excluding carboxylic acids is 1. The summed E-state index contributed by atoms with van der Waals surface area (Å²) in [5, 5.41) is 18.9. The number of amides is 1. The van der Waals surface area contributed by atoms with E-state index >= 15 is 0 Å². The SMILES string of the molecule is Cc1ccc2c(c1)nc(CCNC(=O)c1ccc3[nH]nc(C(=O)O)c3c1)n2C. The molecule has 0 aliphatic heterocycles. The molecule has 2 aromatic carbocycles. The van der Waals surface area contributed by atoms with Gasteiger partial charge in [0.25, 0.3) is 5.91 Å². The molecule has 2 aromatic heterocycles. The fourth-order valence-electron chi connectivity index (χ4n) is 3.29. The molecule has 1 amide bonds. The van der Waals surface area contributed by atoms with Gasteiger partial charge in [0.05, 0.1) is 16.6 Å². The highest BCUT2D eigenvalue weighted by molar-refractivity contribution is 6.04. The number of benzene rings is 2. The molecule has 4 aromatic rings. The van der Waals surface area contributed by atoms with E-state index < -0.39 is 5.97 Å². The molecule has 0 aliphatic carbocycles. The Morgan fingerprint density at radius 3 is 2.82 bits per heavy atom. The molecule has 0 saturated heterocycles. The average Bonchev–Trinajstić information content (AvgIpc) is 3.22. The molecule has 0 saturated carbocycles. The van der Waals surface area contributed by atoms with Crippen LogP contribution in [0, 0.1) is 6.92 Å². The molecule has 142 valence electrons. The number of aryl methyl sites for hydroxylation is 2. The first-order chi connectivity index (χ1) is 13.4. The molecule has 2 heterocycles. The molecule has 0 spiro atoms. The summed E-state index contributed by atoms with van der Waals surface area (Å²) in [6.45, 7) is 2.45. The number of rotatable bonds is 5. The third kappa shape index (κ3) is 3.09. The molecule has 0 unspecified atom stereocenters. The highest BCUT2D eigenvalue weighted by atomic mass is 16.4. The Morgan fingerprint density at radius 1 is 1.21 bits per heavy atom. The number of nitrogens with zero attached hydrogens (tertiary/aromatic N) is 3. The van der Waals surface area contributed by atoms with E-state index in [9.17, 15) is 14.7 Å². The molecule has 0 aliphatic rings. The number of carboxylic acids is 1. The Morgan fingerprint density at radius 2 is 2.04 bits per heavy atom. The van der Waals surface area contributed by atoms with Crippen molar-refractivity contribution in [3.8, 4) is 0 Å². The number of hydrogen-bond donors (Lipinski definition) is 3. The van der Waals surface area contributed by atoms with Crippen LogP contribution in [0.3, 0.4) is 0 Å². The summed E-state index contributed by atoms with van der Waals surface area (Å²) in [6, 6.07) is 11.0. The van der Waals surface area contributed by atoms with Crippen molar-refractivity contribution in [3.63, 3.8) is 0 Å². The lowest BCUT2D eigenvalue weighted by Crippen LogP contribution is -2.26. The Hall–Kier alpha value is -3.68. The molecule has 4 rings (SSSR count). The van der Waals surface area contributed by atoms with Crippen molar-refractivity contribution in [2.45, 2.75) is 13.3 Å². The minimum Gasteiger partial charge on any atom is -0.476 e. The van der Waals surface area contributed by atoms with E-state index in [1.165, 1.54) is 6.07 Å². The molecule has 0 atom stereocenters. The molecule has 0 radical (unpaired) electrons. The Labute approximate surface area is 160 Å². The molecule has 8 heteroatoms. The molecular formula is C20H19N5O3. The van der Waals surface area contributed by atoms with Crippen molar-refractivity contribution in [2.24, 2.45) is 7.05 Å². The smallest absolute Gasteiger partial charge is 0.357 e. The number of nitrogens with one attached hydrogen (secondary N) is 2. The zero-order valence-corrected chi connectivity index (χ0v) is 15.5. The van der Waals surface area contributed by atoms with E-state index in [1.807, 2.05) is 36.7 Å². The maximum Gasteiger partial charge on any atom is 0.357 e. The third-order valence-corrected chi connectivity index (χ3v) is 4.79. The first-order valence-electron chi connectivity index (χ1n) is 8.85. The molecule has 0 bridgehead atoms. The molecule has 8 nitrogen and oxygen atoms in total. The van der Waals surface area contributed by atoms with Gasteiger partial charge in [-0.2, -0.15) is 5.10 Å². The van der Waals surface area contributed by atoms with Gasteiger partial charge in [0.2, 0.25) is 0 Å². The zero-order valence-electron chi connectivity index (χ0n) is 15.5. The topological polar surface area (TPSA) is 113 Å². The number of aromatic amines is 1. The van der Waals surface area contributed by atoms with Gasteiger partial charge < -0.3 is 15.0 Å². The number of carbonyl (C=O) groups is 2. The number of aromatic carboxylic acids is 1. The van der Waals surface area contributed by atoms with Gasteiger partial charge in [-0.25, -0.2) is 9.78 Å². The summed E-state index contributed by atoms with van der Waals surface area (Å²) in [7, 11) is 1.96. The minimum atomic E-state index is -1.14. The zero-order chi connectivity index (χ0) is 19.8. The lowest BCUT2D eigenvalue weighted by atomic mass is 10.1. The van der Waals surface area contributed by atoms with Gasteiger partial charge in [-0.05, 0) is 42.8 Å². The number of imidazole rings is 1. The van der Waals surface area contributed by atoms with Gasteiger partial charge in [0.15, 0.2) is 5.69 Å². The summed E-state index contributed by atoms with van der Waals surface area (Å²) in [4.78, 5) is 28.3. The predicted octanol–water partition coefficient (Wildman–Crippen LogP) is 2.43. The van der Waals surface area contributed by atoms with Crippen LogP contribution >= 0.6 is 0 Å². The average molecular weight is 377 g/mol. The fourth-order valence-corrected chi connectivity index (χ4v) is 3.29. The van der Waals surface area contributed by atoms with Gasteiger partial charge in [-0.3, -0.25) is 9.89 Å². The lowest BCUT2D eigenvalue weighted by Gasteiger charge is -2.06. The van der Waals surface area contributed by atoms with Crippen molar-refractivity contribution < 1.29 is 14.7 Å². The quantitative estimate of drug-likeness (QED) is 0.494. The van der Waals surface area contributed by atoms with Gasteiger partial charge in [0.1, 0.15) is 5.82 Å². The van der Waals surface area contributed by atoms with E-state index in [0.29, 0.717) is 29.4 Å². The second-order valence-corrected chi connectivity index (χ2v) is 6.72. The Balaban J connectivity index is 1.47. The minimum absolute atomic E-state index is 0.0976. The van der Waals surface area contributed by atoms with Crippen LogP contribution in [0.5, 0.6) is 0 Å². The largest absolute Gasteiger partial charge is 0.476 e. The highest BCUT2D eigenvalue weighted by Crippen LogP contribution is 2.18. The normalized spacial score (nSPS) is 11.2. The van der Waals surface area contributed by atoms with E-state index in [1.54, 1.807) is 12.1 Å². The van der Waals surface area contributed by atoms with Gasteiger partial charge in [-0.15, -0.1) is 0 Å². The number of carboxylic acid groups (broad SMARTS) is 1. The van der Waals surface area contributed by atoms with Crippen LogP contribution in [-0.2, 0) is 13.5 Å². The third-order valence-electron chi connectivity index (χ3n) is 4.79. The van der Waals surface area contributed by atoms with Gasteiger partial charge >= 0.3 is 5.97 Å². The van der Waals surface area contributed by atoms with E-state index in [2.05, 4.69) is 20.5 Å². The van der Waals surface area contributed by atoms with Crippen LogP contribution in [-0.4, -0.2) is 43.3 Å². The van der Waals surface area contributed by atoms with Crippen LogP contribution in [0.2, 0.25) is 0 Å². The Bertz CT molecular complexity index is 1220. The second kappa shape index (κ2) is 6.80. The van der Waals surface area contributed by atoms with Gasteiger partial charge in [0, 0.05) is 31.0 Å². The highest BCUT2D eigenvalue weighted by Gasteiger charge is 2.15. The first kappa shape index (κ1) is 17.7.